The van der Waals surface area contributed by atoms with Crippen molar-refractivity contribution in [2.24, 2.45) is 0 Å². The van der Waals surface area contributed by atoms with Crippen LogP contribution in [0.1, 0.15) is 39.0 Å². The van der Waals surface area contributed by atoms with Gasteiger partial charge < -0.3 is 0 Å². The fourth-order valence-corrected chi connectivity index (χ4v) is 3.81. The molecule has 0 heterocycles. The number of thiol groups is 1. The molecule has 0 N–H and O–H groups in total. The van der Waals surface area contributed by atoms with Crippen LogP contribution >= 0.6 is 12.6 Å². The van der Waals surface area contributed by atoms with Gasteiger partial charge in [0.1, 0.15) is 0 Å². The van der Waals surface area contributed by atoms with Gasteiger partial charge in [0.15, 0.2) is 0 Å². The Balaban J connectivity index is 3.62. The third kappa shape index (κ3) is 10.9. The Hall–Kier alpha value is 0.619. The van der Waals surface area contributed by atoms with Gasteiger partial charge in [0.05, 0.1) is 0 Å². The monoisotopic (exact) mass is 340 g/mol. The molecule has 0 fully saturated rings. The summed E-state index contributed by atoms with van der Waals surface area (Å²) in [6, 6.07) is 0. The summed E-state index contributed by atoms with van der Waals surface area (Å²) in [6.07, 6.45) is 4.88. The summed E-state index contributed by atoms with van der Waals surface area (Å²) in [5.41, 5.74) is 0. The Labute approximate surface area is 104 Å². The average Bonchev–Trinajstić information content (AvgIpc) is 2.08. The molecule has 1 unspecified atom stereocenters. The van der Waals surface area contributed by atoms with E-state index in [1.54, 1.807) is 0 Å². The Kier molecular flexibility index (Phi) is 8.14. The molecule has 2 nitrogen and oxygen atoms in total. The zero-order chi connectivity index (χ0) is 11.9. The Morgan fingerprint density at radius 3 is 2.40 bits per heavy atom. The van der Waals surface area contributed by atoms with Gasteiger partial charge in [0.25, 0.3) is 0 Å². The summed E-state index contributed by atoms with van der Waals surface area (Å²) in [4.78, 5) is 17.7. The van der Waals surface area contributed by atoms with Crippen molar-refractivity contribution in [3.05, 3.63) is 0 Å². The van der Waals surface area contributed by atoms with Gasteiger partial charge >= 0.3 is 104 Å². The van der Waals surface area contributed by atoms with Crippen LogP contribution in [0.25, 0.3) is 0 Å². The van der Waals surface area contributed by atoms with Crippen LogP contribution in [0.5, 0.6) is 0 Å². The van der Waals surface area contributed by atoms with E-state index in [1.807, 2.05) is 0 Å². The van der Waals surface area contributed by atoms with Gasteiger partial charge in [-0.05, 0) is 0 Å². The van der Waals surface area contributed by atoms with Gasteiger partial charge in [0.2, 0.25) is 0 Å². The predicted octanol–water partition coefficient (Wildman–Crippen LogP) is 3.63. The van der Waals surface area contributed by atoms with Crippen LogP contribution in [0.2, 0.25) is 14.8 Å². The second kappa shape index (κ2) is 7.82. The third-order valence-corrected chi connectivity index (χ3v) is 4.91. The minimum atomic E-state index is -2.37. The maximum atomic E-state index is 11.4. The molecule has 0 aromatic heterocycles. The van der Waals surface area contributed by atoms with Gasteiger partial charge in [-0.3, -0.25) is 0 Å². The van der Waals surface area contributed by atoms with E-state index in [-0.39, 0.29) is 5.97 Å². The molecular formula is C11H24O2SSn. The molecule has 0 aromatic carbocycles. The summed E-state index contributed by atoms with van der Waals surface area (Å²) in [7, 11) is 0. The van der Waals surface area contributed by atoms with Crippen LogP contribution in [0.15, 0.2) is 0 Å². The van der Waals surface area contributed by atoms with Crippen molar-refractivity contribution >= 4 is 37.4 Å². The van der Waals surface area contributed by atoms with Gasteiger partial charge in [-0.1, -0.05) is 0 Å². The molecule has 0 saturated heterocycles. The molecule has 0 aliphatic heterocycles. The van der Waals surface area contributed by atoms with Crippen molar-refractivity contribution in [2.75, 3.05) is 0 Å². The van der Waals surface area contributed by atoms with Gasteiger partial charge in [-0.2, -0.15) is 0 Å². The summed E-state index contributed by atoms with van der Waals surface area (Å²) in [5.74, 6) is -0.0196. The average molecular weight is 339 g/mol. The van der Waals surface area contributed by atoms with Crippen LogP contribution in [-0.4, -0.2) is 30.0 Å². The molecule has 0 bridgehead atoms. The first kappa shape index (κ1) is 15.6. The number of hydrogen-bond acceptors (Lipinski definition) is 3. The first-order valence-electron chi connectivity index (χ1n) is 5.75. The van der Waals surface area contributed by atoms with E-state index in [0.717, 1.165) is 12.8 Å². The van der Waals surface area contributed by atoms with E-state index in [2.05, 4.69) is 34.4 Å². The van der Waals surface area contributed by atoms with E-state index in [9.17, 15) is 4.79 Å². The molecule has 0 aliphatic carbocycles. The molecule has 0 saturated carbocycles. The normalized spacial score (nSPS) is 13.7. The SMILES string of the molecule is CCCCC(S)CCC(=O)[O][Sn]([CH3])([CH3])[CH3]. The summed E-state index contributed by atoms with van der Waals surface area (Å²) in [5, 5.41) is 0.354. The van der Waals surface area contributed by atoms with Crippen LogP contribution < -0.4 is 0 Å². The van der Waals surface area contributed by atoms with E-state index < -0.39 is 18.8 Å². The zero-order valence-corrected chi connectivity index (χ0v) is 14.1. The quantitative estimate of drug-likeness (QED) is 0.566. The zero-order valence-electron chi connectivity index (χ0n) is 10.4. The molecule has 4 heteroatoms. The summed E-state index contributed by atoms with van der Waals surface area (Å²) >= 11 is 2.09. The van der Waals surface area contributed by atoms with Crippen molar-refractivity contribution < 1.29 is 7.87 Å². The number of carbonyl (C=O) groups excluding carboxylic acids is 1. The Morgan fingerprint density at radius 2 is 1.93 bits per heavy atom. The first-order chi connectivity index (χ1) is 6.85. The molecule has 15 heavy (non-hydrogen) atoms. The maximum absolute atomic E-state index is 11.4. The van der Waals surface area contributed by atoms with E-state index in [1.165, 1.54) is 12.8 Å². The molecule has 0 spiro atoms. The van der Waals surface area contributed by atoms with Gasteiger partial charge in [0, 0.05) is 0 Å². The first-order valence-corrected chi connectivity index (χ1v) is 16.0. The van der Waals surface area contributed by atoms with Crippen molar-refractivity contribution in [1.29, 1.82) is 0 Å². The van der Waals surface area contributed by atoms with Gasteiger partial charge in [-0.15, -0.1) is 0 Å². The van der Waals surface area contributed by atoms with Crippen molar-refractivity contribution in [3.8, 4) is 0 Å². The molecule has 1 atom stereocenters. The van der Waals surface area contributed by atoms with Crippen LogP contribution in [0.4, 0.5) is 0 Å². The fraction of sp³-hybridized carbons (Fsp3) is 0.909. The molecule has 0 aliphatic rings. The van der Waals surface area contributed by atoms with Crippen LogP contribution in [0, 0.1) is 0 Å². The second-order valence-electron chi connectivity index (χ2n) is 4.92. The second-order valence-corrected chi connectivity index (χ2v) is 18.3. The number of unbranched alkanes of at least 4 members (excludes halogenated alkanes) is 1. The van der Waals surface area contributed by atoms with E-state index in [4.69, 9.17) is 3.07 Å². The number of rotatable bonds is 7. The fourth-order valence-electron chi connectivity index (χ4n) is 1.26. The molecule has 0 radical (unpaired) electrons. The number of hydrogen-bond donors (Lipinski definition) is 1. The van der Waals surface area contributed by atoms with Crippen LogP contribution in [-0.2, 0) is 7.87 Å². The third-order valence-electron chi connectivity index (χ3n) is 1.99. The Morgan fingerprint density at radius 1 is 1.33 bits per heavy atom. The van der Waals surface area contributed by atoms with Crippen molar-refractivity contribution in [1.82, 2.24) is 0 Å². The van der Waals surface area contributed by atoms with E-state index in [0.29, 0.717) is 11.7 Å². The predicted molar refractivity (Wildman–Crippen MR) is 71.0 cm³/mol. The Bertz CT molecular complexity index is 190. The van der Waals surface area contributed by atoms with Gasteiger partial charge in [-0.25, -0.2) is 0 Å². The standard InChI is InChI=1S/C8H16O2S.3CH3.Sn/c1-2-3-4-7(11)5-6-8(9)10;;;;/h7,11H,2-6H2,1H3,(H,9,10);3*1H3;/q;;;;+1/p-1. The van der Waals surface area contributed by atoms with Crippen molar-refractivity contribution in [3.63, 3.8) is 0 Å². The van der Waals surface area contributed by atoms with Crippen LogP contribution in [0.3, 0.4) is 0 Å². The van der Waals surface area contributed by atoms with Crippen molar-refractivity contribution in [2.45, 2.75) is 59.1 Å². The molecule has 0 aromatic rings. The molecule has 0 amide bonds. The molecule has 90 valence electrons. The topological polar surface area (TPSA) is 26.3 Å². The minimum absolute atomic E-state index is 0.0196. The number of carbonyl (C=O) groups is 1. The molecular weight excluding hydrogens is 315 g/mol. The molecule has 0 rings (SSSR count). The van der Waals surface area contributed by atoms with E-state index >= 15 is 0 Å². The summed E-state index contributed by atoms with van der Waals surface area (Å²) in [6.45, 7) is 2.17. The summed E-state index contributed by atoms with van der Waals surface area (Å²) < 4.78 is 5.43.